The summed E-state index contributed by atoms with van der Waals surface area (Å²) >= 11 is 0. The fourth-order valence-electron chi connectivity index (χ4n) is 3.20. The average Bonchev–Trinajstić information content (AvgIpc) is 2.83. The lowest BCUT2D eigenvalue weighted by Gasteiger charge is -2.20. The number of fused-ring (bicyclic) bond motifs is 1. The molecule has 0 amide bonds. The van der Waals surface area contributed by atoms with Crippen LogP contribution in [0.1, 0.15) is 22.6 Å². The Morgan fingerprint density at radius 2 is 1.92 bits per heavy atom. The van der Waals surface area contributed by atoms with Gasteiger partial charge in [-0.05, 0) is 48.8 Å². The summed E-state index contributed by atoms with van der Waals surface area (Å²) in [5.74, 6) is 0.497. The lowest BCUT2D eigenvalue weighted by molar-refractivity contribution is 0.401. The van der Waals surface area contributed by atoms with Crippen molar-refractivity contribution in [3.8, 4) is 5.75 Å². The normalized spacial score (nSPS) is 17.1. The minimum Gasteiger partial charge on any atom is -0.495 e. The molecule has 2 aromatic rings. The predicted molar refractivity (Wildman–Crippen MR) is 101 cm³/mol. The first-order valence-electron chi connectivity index (χ1n) is 7.97. The highest BCUT2D eigenvalue weighted by molar-refractivity contribution is 7.89. The maximum Gasteiger partial charge on any atom is 0.244 e. The molecule has 0 aromatic heterocycles. The van der Waals surface area contributed by atoms with E-state index < -0.39 is 10.0 Å². The fraction of sp³-hybridized carbons (Fsp3) is 0.333. The number of benzene rings is 2. The summed E-state index contributed by atoms with van der Waals surface area (Å²) in [5, 5.41) is 3.45. The third-order valence-electron chi connectivity index (χ3n) is 4.48. The van der Waals surface area contributed by atoms with Gasteiger partial charge in [0.1, 0.15) is 10.6 Å². The second-order valence-corrected chi connectivity index (χ2v) is 7.68. The molecule has 7 heteroatoms. The molecule has 25 heavy (non-hydrogen) atoms. The second kappa shape index (κ2) is 8.19. The van der Waals surface area contributed by atoms with Crippen molar-refractivity contribution in [1.82, 2.24) is 10.0 Å². The molecule has 0 fully saturated rings. The standard InChI is InChI=1S/C18H22N2O3S.ClH/c1-19-24(21,22)18-11-15-14(10-17(18)23-2)8-9-20-12-16(15)13-6-4-3-5-7-13;/h3-7,10-11,16,19-20H,8-9,12H2,1-2H3;1H. The zero-order valence-electron chi connectivity index (χ0n) is 14.3. The van der Waals surface area contributed by atoms with Gasteiger partial charge in [0, 0.05) is 12.5 Å². The topological polar surface area (TPSA) is 67.4 Å². The Bertz CT molecular complexity index is 826. The van der Waals surface area contributed by atoms with Gasteiger partial charge in [-0.3, -0.25) is 0 Å². The minimum absolute atomic E-state index is 0. The van der Waals surface area contributed by atoms with Crippen molar-refractivity contribution >= 4 is 22.4 Å². The molecule has 0 saturated heterocycles. The highest BCUT2D eigenvalue weighted by Crippen LogP contribution is 2.35. The van der Waals surface area contributed by atoms with Crippen LogP contribution < -0.4 is 14.8 Å². The number of nitrogens with one attached hydrogen (secondary N) is 2. The summed E-state index contributed by atoms with van der Waals surface area (Å²) in [5.41, 5.74) is 3.34. The maximum absolute atomic E-state index is 12.4. The first-order valence-corrected chi connectivity index (χ1v) is 9.45. The Morgan fingerprint density at radius 1 is 1.20 bits per heavy atom. The van der Waals surface area contributed by atoms with Gasteiger partial charge < -0.3 is 10.1 Å². The SMILES string of the molecule is CNS(=O)(=O)c1cc2c(cc1OC)CCNCC2c1ccccc1.Cl. The lowest BCUT2D eigenvalue weighted by atomic mass is 9.88. The summed E-state index contributed by atoms with van der Waals surface area (Å²) in [6.45, 7) is 1.64. The van der Waals surface area contributed by atoms with E-state index in [4.69, 9.17) is 4.74 Å². The summed E-state index contributed by atoms with van der Waals surface area (Å²) in [6, 6.07) is 13.8. The molecule has 0 saturated carbocycles. The van der Waals surface area contributed by atoms with Crippen LogP contribution in [0.15, 0.2) is 47.4 Å². The molecule has 3 rings (SSSR count). The molecule has 136 valence electrons. The maximum atomic E-state index is 12.4. The Balaban J connectivity index is 0.00000225. The number of methoxy groups -OCH3 is 1. The Hall–Kier alpha value is -1.60. The van der Waals surface area contributed by atoms with Crippen molar-refractivity contribution < 1.29 is 13.2 Å². The van der Waals surface area contributed by atoms with Crippen molar-refractivity contribution in [2.24, 2.45) is 0 Å². The van der Waals surface area contributed by atoms with Gasteiger partial charge in [0.25, 0.3) is 0 Å². The van der Waals surface area contributed by atoms with Crippen LogP contribution in [-0.2, 0) is 16.4 Å². The van der Waals surface area contributed by atoms with Crippen LogP contribution in [0.4, 0.5) is 0 Å². The third kappa shape index (κ3) is 3.98. The van der Waals surface area contributed by atoms with E-state index in [9.17, 15) is 8.42 Å². The number of ether oxygens (including phenoxy) is 1. The molecule has 1 aliphatic heterocycles. The van der Waals surface area contributed by atoms with Crippen LogP contribution in [0.25, 0.3) is 0 Å². The molecule has 1 heterocycles. The lowest BCUT2D eigenvalue weighted by Crippen LogP contribution is -2.22. The van der Waals surface area contributed by atoms with Gasteiger partial charge in [-0.1, -0.05) is 30.3 Å². The van der Waals surface area contributed by atoms with Crippen LogP contribution in [0.5, 0.6) is 5.75 Å². The quantitative estimate of drug-likeness (QED) is 0.851. The van der Waals surface area contributed by atoms with E-state index >= 15 is 0 Å². The fourth-order valence-corrected chi connectivity index (χ4v) is 4.11. The molecule has 2 N–H and O–H groups in total. The van der Waals surface area contributed by atoms with Gasteiger partial charge in [-0.2, -0.15) is 0 Å². The van der Waals surface area contributed by atoms with Crippen molar-refractivity contribution in [3.63, 3.8) is 0 Å². The molecule has 0 radical (unpaired) electrons. The van der Waals surface area contributed by atoms with E-state index in [0.717, 1.165) is 30.6 Å². The van der Waals surface area contributed by atoms with Crippen molar-refractivity contribution in [1.29, 1.82) is 0 Å². The summed E-state index contributed by atoms with van der Waals surface area (Å²) in [4.78, 5) is 0.189. The van der Waals surface area contributed by atoms with Gasteiger partial charge >= 0.3 is 0 Å². The number of hydrogen-bond donors (Lipinski definition) is 2. The highest BCUT2D eigenvalue weighted by Gasteiger charge is 2.26. The number of sulfonamides is 1. The second-order valence-electron chi connectivity index (χ2n) is 5.83. The first kappa shape index (κ1) is 19.7. The van der Waals surface area contributed by atoms with E-state index in [0.29, 0.717) is 5.75 Å². The van der Waals surface area contributed by atoms with Gasteiger partial charge in [-0.25, -0.2) is 13.1 Å². The zero-order valence-corrected chi connectivity index (χ0v) is 15.9. The van der Waals surface area contributed by atoms with E-state index in [1.54, 1.807) is 6.07 Å². The van der Waals surface area contributed by atoms with Crippen LogP contribution in [0, 0.1) is 0 Å². The average molecular weight is 383 g/mol. The molecule has 0 bridgehead atoms. The molecule has 0 spiro atoms. The number of hydrogen-bond acceptors (Lipinski definition) is 4. The van der Waals surface area contributed by atoms with Gasteiger partial charge in [0.2, 0.25) is 10.0 Å². The van der Waals surface area contributed by atoms with Gasteiger partial charge in [-0.15, -0.1) is 12.4 Å². The largest absolute Gasteiger partial charge is 0.495 e. The highest BCUT2D eigenvalue weighted by atomic mass is 35.5. The Morgan fingerprint density at radius 3 is 2.56 bits per heavy atom. The Labute approximate surface area is 155 Å². The van der Waals surface area contributed by atoms with Crippen LogP contribution in [0.3, 0.4) is 0 Å². The van der Waals surface area contributed by atoms with Gasteiger partial charge in [0.05, 0.1) is 7.11 Å². The van der Waals surface area contributed by atoms with Crippen molar-refractivity contribution in [3.05, 3.63) is 59.2 Å². The van der Waals surface area contributed by atoms with E-state index in [1.807, 2.05) is 24.3 Å². The smallest absolute Gasteiger partial charge is 0.244 e. The molecule has 2 aromatic carbocycles. The third-order valence-corrected chi connectivity index (χ3v) is 5.92. The van der Waals surface area contributed by atoms with Crippen LogP contribution >= 0.6 is 12.4 Å². The van der Waals surface area contributed by atoms with Crippen molar-refractivity contribution in [2.45, 2.75) is 17.2 Å². The molecular formula is C18H23ClN2O3S. The van der Waals surface area contributed by atoms with Crippen molar-refractivity contribution in [2.75, 3.05) is 27.2 Å². The zero-order chi connectivity index (χ0) is 17.2. The number of rotatable bonds is 4. The number of halogens is 1. The van der Waals surface area contributed by atoms with Gasteiger partial charge in [0.15, 0.2) is 0 Å². The molecule has 5 nitrogen and oxygen atoms in total. The summed E-state index contributed by atoms with van der Waals surface area (Å²) in [6.07, 6.45) is 0.842. The minimum atomic E-state index is -3.59. The summed E-state index contributed by atoms with van der Waals surface area (Å²) in [7, 11) is -0.674. The van der Waals surface area contributed by atoms with E-state index in [1.165, 1.54) is 19.7 Å². The first-order chi connectivity index (χ1) is 11.6. The predicted octanol–water partition coefficient (Wildman–Crippen LogP) is 2.30. The molecule has 1 aliphatic rings. The van der Waals surface area contributed by atoms with E-state index in [2.05, 4.69) is 22.2 Å². The summed E-state index contributed by atoms with van der Waals surface area (Å²) < 4.78 is 32.5. The molecule has 0 aliphatic carbocycles. The molecular weight excluding hydrogens is 360 g/mol. The van der Waals surface area contributed by atoms with Crippen LogP contribution in [-0.4, -0.2) is 35.7 Å². The van der Waals surface area contributed by atoms with Crippen LogP contribution in [0.2, 0.25) is 0 Å². The monoisotopic (exact) mass is 382 g/mol. The Kier molecular flexibility index (Phi) is 6.46. The molecule has 1 unspecified atom stereocenters. The van der Waals surface area contributed by atoms with E-state index in [-0.39, 0.29) is 23.2 Å². The molecule has 1 atom stereocenters.